The lowest BCUT2D eigenvalue weighted by molar-refractivity contribution is 0.0727. The SMILES string of the molecule is Cc1c(C(=O)N2CCCC2c2noc(C3CC3)n2)cnn1C. The van der Waals surface area contributed by atoms with Crippen LogP contribution in [0.2, 0.25) is 0 Å². The van der Waals surface area contributed by atoms with Gasteiger partial charge in [-0.3, -0.25) is 9.48 Å². The van der Waals surface area contributed by atoms with E-state index in [-0.39, 0.29) is 11.9 Å². The first-order valence-electron chi connectivity index (χ1n) is 7.78. The molecule has 7 nitrogen and oxygen atoms in total. The summed E-state index contributed by atoms with van der Waals surface area (Å²) < 4.78 is 7.07. The highest BCUT2D eigenvalue weighted by Crippen LogP contribution is 2.40. The third-order valence-corrected chi connectivity index (χ3v) is 4.66. The van der Waals surface area contributed by atoms with E-state index in [1.165, 1.54) is 0 Å². The van der Waals surface area contributed by atoms with Crippen LogP contribution >= 0.6 is 0 Å². The number of carbonyl (C=O) groups excluding carboxylic acids is 1. The lowest BCUT2D eigenvalue weighted by Gasteiger charge is -2.22. The maximum absolute atomic E-state index is 12.8. The molecule has 2 aromatic rings. The Kier molecular flexibility index (Phi) is 3.02. The van der Waals surface area contributed by atoms with Crippen LogP contribution in [0.1, 0.15) is 65.4 Å². The van der Waals surface area contributed by atoms with Gasteiger partial charge in [-0.2, -0.15) is 10.1 Å². The van der Waals surface area contributed by atoms with Crippen molar-refractivity contribution >= 4 is 5.91 Å². The zero-order chi connectivity index (χ0) is 15.3. The van der Waals surface area contributed by atoms with E-state index in [2.05, 4.69) is 15.2 Å². The Morgan fingerprint density at radius 2 is 2.18 bits per heavy atom. The summed E-state index contributed by atoms with van der Waals surface area (Å²) in [5.41, 5.74) is 1.53. The van der Waals surface area contributed by atoms with Gasteiger partial charge < -0.3 is 9.42 Å². The molecule has 3 heterocycles. The van der Waals surface area contributed by atoms with Gasteiger partial charge in [0.05, 0.1) is 17.8 Å². The van der Waals surface area contributed by atoms with Crippen LogP contribution in [-0.2, 0) is 7.05 Å². The Bertz CT molecular complexity index is 715. The van der Waals surface area contributed by atoms with Crippen molar-refractivity contribution in [2.45, 2.75) is 44.6 Å². The van der Waals surface area contributed by atoms with Crippen molar-refractivity contribution in [1.29, 1.82) is 0 Å². The number of aryl methyl sites for hydroxylation is 1. The van der Waals surface area contributed by atoms with Crippen LogP contribution in [0.15, 0.2) is 10.7 Å². The molecule has 0 aromatic carbocycles. The number of aromatic nitrogens is 4. The summed E-state index contributed by atoms with van der Waals surface area (Å²) in [7, 11) is 1.84. The van der Waals surface area contributed by atoms with Crippen molar-refractivity contribution in [2.24, 2.45) is 7.05 Å². The van der Waals surface area contributed by atoms with Gasteiger partial charge in [-0.05, 0) is 32.6 Å². The minimum atomic E-state index is -0.0802. The minimum absolute atomic E-state index is 0.00544. The van der Waals surface area contributed by atoms with Gasteiger partial charge in [0.1, 0.15) is 0 Å². The number of carbonyl (C=O) groups is 1. The molecule has 22 heavy (non-hydrogen) atoms. The molecule has 4 rings (SSSR count). The number of hydrogen-bond donors (Lipinski definition) is 0. The monoisotopic (exact) mass is 301 g/mol. The quantitative estimate of drug-likeness (QED) is 0.866. The van der Waals surface area contributed by atoms with E-state index in [0.29, 0.717) is 17.3 Å². The van der Waals surface area contributed by atoms with Gasteiger partial charge >= 0.3 is 0 Å². The smallest absolute Gasteiger partial charge is 0.257 e. The number of nitrogens with zero attached hydrogens (tertiary/aromatic N) is 5. The topological polar surface area (TPSA) is 77.1 Å². The van der Waals surface area contributed by atoms with Gasteiger partial charge in [0.2, 0.25) is 5.89 Å². The molecule has 1 saturated carbocycles. The van der Waals surface area contributed by atoms with Crippen molar-refractivity contribution < 1.29 is 9.32 Å². The van der Waals surface area contributed by atoms with Gasteiger partial charge in [0.15, 0.2) is 5.82 Å². The minimum Gasteiger partial charge on any atom is -0.339 e. The molecule has 116 valence electrons. The maximum atomic E-state index is 12.8. The molecule has 1 saturated heterocycles. The van der Waals surface area contributed by atoms with E-state index in [1.54, 1.807) is 10.9 Å². The van der Waals surface area contributed by atoms with E-state index in [9.17, 15) is 4.79 Å². The van der Waals surface area contributed by atoms with Gasteiger partial charge in [-0.1, -0.05) is 5.16 Å². The highest BCUT2D eigenvalue weighted by molar-refractivity contribution is 5.95. The summed E-state index contributed by atoms with van der Waals surface area (Å²) in [5.74, 6) is 1.82. The second-order valence-corrected chi connectivity index (χ2v) is 6.19. The summed E-state index contributed by atoms with van der Waals surface area (Å²) in [6.07, 6.45) is 5.74. The standard InChI is InChI=1S/C15H19N5O2/c1-9-11(8-16-19(9)2)15(21)20-7-3-4-12(20)13-17-14(22-18-13)10-5-6-10/h8,10,12H,3-7H2,1-2H3. The molecule has 7 heteroatoms. The second-order valence-electron chi connectivity index (χ2n) is 6.19. The number of hydrogen-bond acceptors (Lipinski definition) is 5. The lowest BCUT2D eigenvalue weighted by atomic mass is 10.2. The average Bonchev–Trinajstić information content (AvgIpc) is 2.94. The molecule has 1 amide bonds. The van der Waals surface area contributed by atoms with Gasteiger partial charge in [0, 0.05) is 25.2 Å². The molecular weight excluding hydrogens is 282 g/mol. The predicted octanol–water partition coefficient (Wildman–Crippen LogP) is 1.97. The molecule has 2 fully saturated rings. The maximum Gasteiger partial charge on any atom is 0.257 e. The third-order valence-electron chi connectivity index (χ3n) is 4.66. The van der Waals surface area contributed by atoms with E-state index in [0.717, 1.165) is 43.8 Å². The first-order valence-corrected chi connectivity index (χ1v) is 7.78. The van der Waals surface area contributed by atoms with Crippen molar-refractivity contribution in [3.63, 3.8) is 0 Å². The van der Waals surface area contributed by atoms with Gasteiger partial charge in [-0.25, -0.2) is 0 Å². The Morgan fingerprint density at radius 3 is 2.86 bits per heavy atom. The lowest BCUT2D eigenvalue weighted by Crippen LogP contribution is -2.31. The molecule has 2 aliphatic rings. The molecule has 1 aliphatic heterocycles. The Balaban J connectivity index is 1.59. The Labute approximate surface area is 128 Å². The zero-order valence-electron chi connectivity index (χ0n) is 12.8. The van der Waals surface area contributed by atoms with Gasteiger partial charge in [-0.15, -0.1) is 0 Å². The summed E-state index contributed by atoms with van der Waals surface area (Å²) in [5, 5.41) is 8.27. The molecule has 1 atom stereocenters. The Hall–Kier alpha value is -2.18. The van der Waals surface area contributed by atoms with Crippen LogP contribution in [0.4, 0.5) is 0 Å². The fourth-order valence-electron chi connectivity index (χ4n) is 3.02. The van der Waals surface area contributed by atoms with Crippen LogP contribution in [-0.4, -0.2) is 37.3 Å². The molecule has 1 aliphatic carbocycles. The summed E-state index contributed by atoms with van der Waals surface area (Å²) >= 11 is 0. The first-order chi connectivity index (χ1) is 10.6. The fourth-order valence-corrected chi connectivity index (χ4v) is 3.02. The largest absolute Gasteiger partial charge is 0.339 e. The van der Waals surface area contributed by atoms with E-state index in [4.69, 9.17) is 4.52 Å². The zero-order valence-corrected chi connectivity index (χ0v) is 12.8. The van der Waals surface area contributed by atoms with E-state index in [1.807, 2.05) is 18.9 Å². The number of amides is 1. The summed E-state index contributed by atoms with van der Waals surface area (Å²) in [6.45, 7) is 2.63. The van der Waals surface area contributed by atoms with Gasteiger partial charge in [0.25, 0.3) is 5.91 Å². The molecule has 2 aromatic heterocycles. The van der Waals surface area contributed by atoms with E-state index >= 15 is 0 Å². The number of rotatable bonds is 3. The van der Waals surface area contributed by atoms with Crippen LogP contribution in [0.3, 0.4) is 0 Å². The normalized spacial score (nSPS) is 21.5. The molecule has 0 bridgehead atoms. The van der Waals surface area contributed by atoms with Crippen molar-refractivity contribution in [2.75, 3.05) is 6.54 Å². The second kappa shape index (κ2) is 4.93. The molecule has 0 radical (unpaired) electrons. The average molecular weight is 301 g/mol. The fraction of sp³-hybridized carbons (Fsp3) is 0.600. The Morgan fingerprint density at radius 1 is 1.36 bits per heavy atom. The number of likely N-dealkylation sites (tertiary alicyclic amines) is 1. The molecule has 0 spiro atoms. The van der Waals surface area contributed by atoms with Crippen LogP contribution in [0, 0.1) is 6.92 Å². The van der Waals surface area contributed by atoms with Crippen LogP contribution < -0.4 is 0 Å². The van der Waals surface area contributed by atoms with Crippen LogP contribution in [0.5, 0.6) is 0 Å². The summed E-state index contributed by atoms with van der Waals surface area (Å²) in [4.78, 5) is 19.2. The van der Waals surface area contributed by atoms with Crippen molar-refractivity contribution in [1.82, 2.24) is 24.8 Å². The molecule has 0 N–H and O–H groups in total. The van der Waals surface area contributed by atoms with Crippen molar-refractivity contribution in [3.05, 3.63) is 29.2 Å². The molecular formula is C15H19N5O2. The highest BCUT2D eigenvalue weighted by atomic mass is 16.5. The predicted molar refractivity (Wildman–Crippen MR) is 77.2 cm³/mol. The van der Waals surface area contributed by atoms with Crippen molar-refractivity contribution in [3.8, 4) is 0 Å². The summed E-state index contributed by atoms with van der Waals surface area (Å²) in [6, 6.07) is -0.0802. The highest BCUT2D eigenvalue weighted by Gasteiger charge is 2.37. The van der Waals surface area contributed by atoms with E-state index < -0.39 is 0 Å². The first kappa shape index (κ1) is 13.5. The molecule has 1 unspecified atom stereocenters. The third kappa shape index (κ3) is 2.12. The van der Waals surface area contributed by atoms with Crippen LogP contribution in [0.25, 0.3) is 0 Å².